The summed E-state index contributed by atoms with van der Waals surface area (Å²) in [6, 6.07) is 12.3. The van der Waals surface area contributed by atoms with Crippen LogP contribution in [-0.4, -0.2) is 4.98 Å². The predicted molar refractivity (Wildman–Crippen MR) is 73.5 cm³/mol. The van der Waals surface area contributed by atoms with Crippen molar-refractivity contribution in [1.29, 1.82) is 0 Å². The minimum Gasteiger partial charge on any atom is -0.255 e. The van der Waals surface area contributed by atoms with E-state index < -0.39 is 0 Å². The van der Waals surface area contributed by atoms with Crippen molar-refractivity contribution in [2.24, 2.45) is 0 Å². The molecule has 0 aliphatic heterocycles. The van der Waals surface area contributed by atoms with E-state index in [1.54, 1.807) is 0 Å². The largest absolute Gasteiger partial charge is 0.255 e. The number of halogens is 1. The van der Waals surface area contributed by atoms with Crippen LogP contribution < -0.4 is 0 Å². The Balaban J connectivity index is 0.000000606. The monoisotopic (exact) mass is 277 g/mol. The van der Waals surface area contributed by atoms with Gasteiger partial charge < -0.3 is 0 Å². The SMILES string of the molecule is CC.Cc1cc(Br)cnc1-c1ccccc1. The van der Waals surface area contributed by atoms with Crippen molar-refractivity contribution in [3.05, 3.63) is 52.6 Å². The number of pyridine rings is 1. The van der Waals surface area contributed by atoms with E-state index in [0.29, 0.717) is 0 Å². The molecular formula is C14H16BrN. The van der Waals surface area contributed by atoms with Crippen molar-refractivity contribution in [3.8, 4) is 11.3 Å². The summed E-state index contributed by atoms with van der Waals surface area (Å²) in [4.78, 5) is 4.40. The molecule has 0 saturated carbocycles. The summed E-state index contributed by atoms with van der Waals surface area (Å²) in [5.74, 6) is 0. The van der Waals surface area contributed by atoms with E-state index in [0.717, 1.165) is 15.7 Å². The van der Waals surface area contributed by atoms with Gasteiger partial charge in [0, 0.05) is 16.2 Å². The van der Waals surface area contributed by atoms with Gasteiger partial charge in [-0.1, -0.05) is 44.2 Å². The second-order valence-electron chi connectivity index (χ2n) is 3.19. The maximum absolute atomic E-state index is 4.40. The third-order valence-corrected chi connectivity index (χ3v) is 2.53. The van der Waals surface area contributed by atoms with Gasteiger partial charge in [0.1, 0.15) is 0 Å². The van der Waals surface area contributed by atoms with Crippen LogP contribution in [0.1, 0.15) is 19.4 Å². The molecule has 16 heavy (non-hydrogen) atoms. The van der Waals surface area contributed by atoms with Crippen LogP contribution in [0.25, 0.3) is 11.3 Å². The van der Waals surface area contributed by atoms with Gasteiger partial charge in [0.15, 0.2) is 0 Å². The number of nitrogens with zero attached hydrogens (tertiary/aromatic N) is 1. The molecular weight excluding hydrogens is 262 g/mol. The van der Waals surface area contributed by atoms with E-state index in [9.17, 15) is 0 Å². The fraction of sp³-hybridized carbons (Fsp3) is 0.214. The summed E-state index contributed by atoms with van der Waals surface area (Å²) < 4.78 is 1.02. The van der Waals surface area contributed by atoms with Crippen LogP contribution in [0.3, 0.4) is 0 Å². The van der Waals surface area contributed by atoms with Gasteiger partial charge >= 0.3 is 0 Å². The lowest BCUT2D eigenvalue weighted by Crippen LogP contribution is -1.87. The first-order valence-electron chi connectivity index (χ1n) is 5.45. The highest BCUT2D eigenvalue weighted by atomic mass is 79.9. The summed E-state index contributed by atoms with van der Waals surface area (Å²) >= 11 is 3.41. The number of aromatic nitrogens is 1. The molecule has 0 saturated heterocycles. The standard InChI is InChI=1S/C12H10BrN.C2H6/c1-9-7-11(13)8-14-12(9)10-5-3-2-4-6-10;1-2/h2-8H,1H3;1-2H3. The molecule has 1 aromatic carbocycles. The van der Waals surface area contributed by atoms with Crippen molar-refractivity contribution in [3.63, 3.8) is 0 Å². The molecule has 0 N–H and O–H groups in total. The highest BCUT2D eigenvalue weighted by molar-refractivity contribution is 9.10. The lowest BCUT2D eigenvalue weighted by Gasteiger charge is -2.04. The third-order valence-electron chi connectivity index (χ3n) is 2.09. The predicted octanol–water partition coefficient (Wildman–Crippen LogP) is 4.85. The van der Waals surface area contributed by atoms with Crippen molar-refractivity contribution >= 4 is 15.9 Å². The first kappa shape index (κ1) is 12.9. The maximum Gasteiger partial charge on any atom is 0.0731 e. The molecule has 2 rings (SSSR count). The molecule has 2 heteroatoms. The van der Waals surface area contributed by atoms with E-state index in [1.165, 1.54) is 5.56 Å². The van der Waals surface area contributed by atoms with E-state index in [1.807, 2.05) is 38.2 Å². The summed E-state index contributed by atoms with van der Waals surface area (Å²) in [5.41, 5.74) is 3.40. The zero-order chi connectivity index (χ0) is 12.0. The first-order chi connectivity index (χ1) is 7.77. The Morgan fingerprint density at radius 2 is 1.69 bits per heavy atom. The molecule has 0 unspecified atom stereocenters. The third kappa shape index (κ3) is 3.17. The van der Waals surface area contributed by atoms with Gasteiger partial charge in [-0.15, -0.1) is 0 Å². The number of aryl methyl sites for hydroxylation is 1. The quantitative estimate of drug-likeness (QED) is 0.727. The number of hydrogen-bond donors (Lipinski definition) is 0. The second kappa shape index (κ2) is 6.44. The maximum atomic E-state index is 4.40. The van der Waals surface area contributed by atoms with Gasteiger partial charge in [-0.3, -0.25) is 4.98 Å². The Labute approximate surface area is 106 Å². The fourth-order valence-electron chi connectivity index (χ4n) is 1.44. The van der Waals surface area contributed by atoms with Crippen LogP contribution >= 0.6 is 15.9 Å². The van der Waals surface area contributed by atoms with Crippen LogP contribution in [0.4, 0.5) is 0 Å². The average molecular weight is 278 g/mol. The van der Waals surface area contributed by atoms with E-state index in [-0.39, 0.29) is 0 Å². The normalized spacial score (nSPS) is 9.25. The first-order valence-corrected chi connectivity index (χ1v) is 6.24. The topological polar surface area (TPSA) is 12.9 Å². The summed E-state index contributed by atoms with van der Waals surface area (Å²) in [7, 11) is 0. The highest BCUT2D eigenvalue weighted by Gasteiger charge is 2.02. The molecule has 0 aliphatic carbocycles. The number of rotatable bonds is 1. The summed E-state index contributed by atoms with van der Waals surface area (Å²) in [5, 5.41) is 0. The summed E-state index contributed by atoms with van der Waals surface area (Å²) in [6.45, 7) is 6.07. The Bertz CT molecular complexity index is 438. The molecule has 1 aromatic heterocycles. The van der Waals surface area contributed by atoms with Crippen LogP contribution in [0, 0.1) is 6.92 Å². The fourth-order valence-corrected chi connectivity index (χ4v) is 1.88. The van der Waals surface area contributed by atoms with Crippen molar-refractivity contribution in [2.75, 3.05) is 0 Å². The summed E-state index contributed by atoms with van der Waals surface area (Å²) in [6.07, 6.45) is 1.83. The van der Waals surface area contributed by atoms with E-state index >= 15 is 0 Å². The Hall–Kier alpha value is -1.15. The van der Waals surface area contributed by atoms with Crippen LogP contribution in [-0.2, 0) is 0 Å². The molecule has 0 fully saturated rings. The molecule has 1 heterocycles. The molecule has 1 nitrogen and oxygen atoms in total. The molecule has 0 spiro atoms. The molecule has 0 bridgehead atoms. The van der Waals surface area contributed by atoms with Crippen LogP contribution in [0.5, 0.6) is 0 Å². The molecule has 84 valence electrons. The Morgan fingerprint density at radius 1 is 1.06 bits per heavy atom. The molecule has 2 aromatic rings. The molecule has 0 atom stereocenters. The van der Waals surface area contributed by atoms with Crippen molar-refractivity contribution in [2.45, 2.75) is 20.8 Å². The van der Waals surface area contributed by atoms with Gasteiger partial charge in [-0.2, -0.15) is 0 Å². The Kier molecular flexibility index (Phi) is 5.20. The molecule has 0 amide bonds. The van der Waals surface area contributed by atoms with Gasteiger partial charge in [0.25, 0.3) is 0 Å². The smallest absolute Gasteiger partial charge is 0.0731 e. The lowest BCUT2D eigenvalue weighted by atomic mass is 10.1. The minimum atomic E-state index is 1.02. The highest BCUT2D eigenvalue weighted by Crippen LogP contribution is 2.22. The zero-order valence-electron chi connectivity index (χ0n) is 9.87. The van der Waals surface area contributed by atoms with Gasteiger partial charge in [-0.05, 0) is 34.5 Å². The zero-order valence-corrected chi connectivity index (χ0v) is 11.5. The Morgan fingerprint density at radius 3 is 2.25 bits per heavy atom. The lowest BCUT2D eigenvalue weighted by molar-refractivity contribution is 1.25. The van der Waals surface area contributed by atoms with Crippen LogP contribution in [0.2, 0.25) is 0 Å². The second-order valence-corrected chi connectivity index (χ2v) is 4.10. The van der Waals surface area contributed by atoms with Crippen molar-refractivity contribution < 1.29 is 0 Å². The van der Waals surface area contributed by atoms with Crippen molar-refractivity contribution in [1.82, 2.24) is 4.98 Å². The van der Waals surface area contributed by atoms with Gasteiger partial charge in [0.05, 0.1) is 5.69 Å². The average Bonchev–Trinajstić information content (AvgIpc) is 2.33. The minimum absolute atomic E-state index is 1.02. The van der Waals surface area contributed by atoms with E-state index in [4.69, 9.17) is 0 Å². The number of hydrogen-bond acceptors (Lipinski definition) is 1. The van der Waals surface area contributed by atoms with Crippen LogP contribution in [0.15, 0.2) is 47.1 Å². The molecule has 0 aliphatic rings. The molecule has 0 radical (unpaired) electrons. The van der Waals surface area contributed by atoms with Gasteiger partial charge in [-0.25, -0.2) is 0 Å². The van der Waals surface area contributed by atoms with Gasteiger partial charge in [0.2, 0.25) is 0 Å². The number of benzene rings is 1. The van der Waals surface area contributed by atoms with E-state index in [2.05, 4.69) is 46.0 Å².